The predicted molar refractivity (Wildman–Crippen MR) is 112 cm³/mol. The summed E-state index contributed by atoms with van der Waals surface area (Å²) in [6.45, 7) is 2.98. The molecule has 0 unspecified atom stereocenters. The van der Waals surface area contributed by atoms with Crippen LogP contribution in [0.2, 0.25) is 0 Å². The summed E-state index contributed by atoms with van der Waals surface area (Å²) in [6.07, 6.45) is 0.545. The van der Waals surface area contributed by atoms with Crippen LogP contribution in [0.25, 0.3) is 11.4 Å². The van der Waals surface area contributed by atoms with E-state index in [4.69, 9.17) is 0 Å². The first-order chi connectivity index (χ1) is 14.2. The molecule has 148 valence electrons. The highest BCUT2D eigenvalue weighted by Crippen LogP contribution is 2.16. The van der Waals surface area contributed by atoms with Crippen molar-refractivity contribution in [2.24, 2.45) is 0 Å². The molecular weight excluding hydrogens is 366 g/mol. The van der Waals surface area contributed by atoms with Gasteiger partial charge in [-0.3, -0.25) is 9.59 Å². The summed E-state index contributed by atoms with van der Waals surface area (Å²) < 4.78 is 0. The first kappa shape index (κ1) is 18.9. The van der Waals surface area contributed by atoms with E-state index in [9.17, 15) is 9.59 Å². The van der Waals surface area contributed by atoms with E-state index in [-0.39, 0.29) is 24.3 Å². The number of carbonyl (C=O) groups excluding carboxylic acids is 1. The molecule has 1 amide bonds. The maximum atomic E-state index is 12.6. The highest BCUT2D eigenvalue weighted by molar-refractivity contribution is 5.76. The molecule has 7 nitrogen and oxygen atoms in total. The maximum Gasteiger partial charge on any atom is 0.273 e. The van der Waals surface area contributed by atoms with Gasteiger partial charge in [0.05, 0.1) is 0 Å². The number of aryl methyl sites for hydroxylation is 1. The fourth-order valence-corrected chi connectivity index (χ4v) is 3.49. The van der Waals surface area contributed by atoms with Crippen molar-refractivity contribution < 1.29 is 4.79 Å². The lowest BCUT2D eigenvalue weighted by molar-refractivity contribution is -0.131. The molecule has 1 N–H and O–H groups in total. The van der Waals surface area contributed by atoms with Crippen LogP contribution in [-0.4, -0.2) is 52.2 Å². The monoisotopic (exact) mass is 389 g/mol. The topological polar surface area (TPSA) is 82.2 Å². The number of hydrogen-bond donors (Lipinski definition) is 1. The average molecular weight is 389 g/mol. The van der Waals surface area contributed by atoms with Gasteiger partial charge in [-0.2, -0.15) is 0 Å². The molecule has 0 atom stereocenters. The van der Waals surface area contributed by atoms with Crippen LogP contribution < -0.4 is 10.5 Å². The Kier molecular flexibility index (Phi) is 5.65. The van der Waals surface area contributed by atoms with Crippen LogP contribution in [0.4, 0.5) is 5.69 Å². The molecule has 7 heteroatoms. The Hall–Kier alpha value is -3.48. The molecule has 1 aliphatic rings. The summed E-state index contributed by atoms with van der Waals surface area (Å²) >= 11 is 0. The summed E-state index contributed by atoms with van der Waals surface area (Å²) in [4.78, 5) is 31.8. The van der Waals surface area contributed by atoms with Crippen molar-refractivity contribution >= 4 is 11.6 Å². The summed E-state index contributed by atoms with van der Waals surface area (Å²) in [6, 6.07) is 19.6. The zero-order valence-electron chi connectivity index (χ0n) is 16.1. The second-order valence-corrected chi connectivity index (χ2v) is 7.02. The number of H-pyrrole nitrogens is 1. The number of hydrogen-bond acceptors (Lipinski definition) is 5. The fraction of sp³-hybridized carbons (Fsp3) is 0.273. The number of carbonyl (C=O) groups is 1. The lowest BCUT2D eigenvalue weighted by Crippen LogP contribution is -2.48. The average Bonchev–Trinajstić information content (AvgIpc) is 2.79. The van der Waals surface area contributed by atoms with E-state index < -0.39 is 0 Å². The first-order valence-corrected chi connectivity index (χ1v) is 9.80. The number of aromatic nitrogens is 3. The molecule has 0 spiro atoms. The second-order valence-electron chi connectivity index (χ2n) is 7.02. The maximum absolute atomic E-state index is 12.6. The van der Waals surface area contributed by atoms with E-state index in [1.165, 1.54) is 5.69 Å². The largest absolute Gasteiger partial charge is 0.368 e. The van der Waals surface area contributed by atoms with Crippen molar-refractivity contribution in [3.05, 3.63) is 76.7 Å². The number of aromatic amines is 1. The van der Waals surface area contributed by atoms with E-state index in [2.05, 4.69) is 32.2 Å². The van der Waals surface area contributed by atoms with Gasteiger partial charge in [-0.1, -0.05) is 48.5 Å². The molecule has 2 aromatic carbocycles. The van der Waals surface area contributed by atoms with Crippen molar-refractivity contribution in [1.82, 2.24) is 20.1 Å². The lowest BCUT2D eigenvalue weighted by atomic mass is 10.2. The summed E-state index contributed by atoms with van der Waals surface area (Å²) in [5.41, 5.74) is 1.98. The highest BCUT2D eigenvalue weighted by Gasteiger charge is 2.21. The van der Waals surface area contributed by atoms with E-state index >= 15 is 0 Å². The fourth-order valence-electron chi connectivity index (χ4n) is 3.49. The van der Waals surface area contributed by atoms with Gasteiger partial charge in [0.1, 0.15) is 5.69 Å². The quantitative estimate of drug-likeness (QED) is 0.723. The molecule has 4 rings (SSSR count). The number of rotatable bonds is 5. The van der Waals surface area contributed by atoms with Gasteiger partial charge in [0.2, 0.25) is 5.91 Å². The Bertz CT molecular complexity index is 1010. The standard InChI is InChI=1S/C22H23N5O2/c28-20(27-15-13-26(14-16-27)18-9-5-2-6-10-18)12-11-19-22(29)23-21(25-24-19)17-7-3-1-4-8-17/h1-10H,11-16H2,(H,23,25,29). The Morgan fingerprint density at radius 3 is 2.21 bits per heavy atom. The number of anilines is 1. The molecule has 2 heterocycles. The number of piperazine rings is 1. The van der Waals surface area contributed by atoms with Gasteiger partial charge in [0.25, 0.3) is 5.56 Å². The molecular formula is C22H23N5O2. The zero-order valence-corrected chi connectivity index (χ0v) is 16.1. The first-order valence-electron chi connectivity index (χ1n) is 9.80. The van der Waals surface area contributed by atoms with Crippen molar-refractivity contribution in [2.75, 3.05) is 31.1 Å². The Morgan fingerprint density at radius 1 is 0.897 bits per heavy atom. The number of benzene rings is 2. The van der Waals surface area contributed by atoms with E-state index in [1.54, 1.807) is 0 Å². The number of nitrogens with one attached hydrogen (secondary N) is 1. The van der Waals surface area contributed by atoms with Crippen molar-refractivity contribution in [1.29, 1.82) is 0 Å². The van der Waals surface area contributed by atoms with Crippen LogP contribution in [0.1, 0.15) is 12.1 Å². The summed E-state index contributed by atoms with van der Waals surface area (Å²) in [5, 5.41) is 8.16. The Balaban J connectivity index is 1.31. The van der Waals surface area contributed by atoms with Crippen LogP contribution >= 0.6 is 0 Å². The van der Waals surface area contributed by atoms with Crippen LogP contribution in [0.3, 0.4) is 0 Å². The summed E-state index contributed by atoms with van der Waals surface area (Å²) in [7, 11) is 0. The summed E-state index contributed by atoms with van der Waals surface area (Å²) in [5.74, 6) is 0.480. The molecule has 3 aromatic rings. The number of para-hydroxylation sites is 1. The van der Waals surface area contributed by atoms with Crippen molar-refractivity contribution in [3.63, 3.8) is 0 Å². The Morgan fingerprint density at radius 2 is 1.55 bits per heavy atom. The molecule has 1 aromatic heterocycles. The lowest BCUT2D eigenvalue weighted by Gasteiger charge is -2.36. The van der Waals surface area contributed by atoms with Crippen LogP contribution in [0.15, 0.2) is 65.5 Å². The minimum Gasteiger partial charge on any atom is -0.368 e. The van der Waals surface area contributed by atoms with Gasteiger partial charge in [-0.05, 0) is 12.1 Å². The molecule has 0 bridgehead atoms. The normalized spacial score (nSPS) is 14.1. The van der Waals surface area contributed by atoms with Gasteiger partial charge < -0.3 is 14.8 Å². The molecule has 0 aliphatic carbocycles. The highest BCUT2D eigenvalue weighted by atomic mass is 16.2. The third-order valence-corrected chi connectivity index (χ3v) is 5.14. The number of nitrogens with zero attached hydrogens (tertiary/aromatic N) is 4. The number of amides is 1. The van der Waals surface area contributed by atoms with Crippen LogP contribution in [-0.2, 0) is 11.2 Å². The Labute approximate surface area is 169 Å². The SMILES string of the molecule is O=C(CCc1nnc(-c2ccccc2)[nH]c1=O)N1CCN(c2ccccc2)CC1. The molecule has 0 saturated carbocycles. The van der Waals surface area contributed by atoms with Crippen LogP contribution in [0.5, 0.6) is 0 Å². The van der Waals surface area contributed by atoms with E-state index in [0.29, 0.717) is 24.6 Å². The smallest absolute Gasteiger partial charge is 0.273 e. The molecule has 0 radical (unpaired) electrons. The van der Waals surface area contributed by atoms with Crippen molar-refractivity contribution in [3.8, 4) is 11.4 Å². The third-order valence-electron chi connectivity index (χ3n) is 5.14. The predicted octanol–water partition coefficient (Wildman–Crippen LogP) is 2.11. The van der Waals surface area contributed by atoms with Crippen LogP contribution in [0, 0.1) is 0 Å². The molecule has 1 aliphatic heterocycles. The van der Waals surface area contributed by atoms with Gasteiger partial charge in [-0.15, -0.1) is 10.2 Å². The third kappa shape index (κ3) is 4.51. The zero-order chi connectivity index (χ0) is 20.1. The van der Waals surface area contributed by atoms with E-state index in [1.807, 2.05) is 53.4 Å². The van der Waals surface area contributed by atoms with Gasteiger partial charge in [0.15, 0.2) is 5.82 Å². The molecule has 1 saturated heterocycles. The minimum absolute atomic E-state index is 0.0473. The molecule has 29 heavy (non-hydrogen) atoms. The van der Waals surface area contributed by atoms with Gasteiger partial charge in [0, 0.05) is 50.3 Å². The second kappa shape index (κ2) is 8.68. The molecule has 1 fully saturated rings. The van der Waals surface area contributed by atoms with Crippen molar-refractivity contribution in [2.45, 2.75) is 12.8 Å². The van der Waals surface area contributed by atoms with Gasteiger partial charge >= 0.3 is 0 Å². The minimum atomic E-state index is -0.291. The van der Waals surface area contributed by atoms with E-state index in [0.717, 1.165) is 18.7 Å². The van der Waals surface area contributed by atoms with Gasteiger partial charge in [-0.25, -0.2) is 0 Å².